The van der Waals surface area contributed by atoms with Crippen molar-refractivity contribution in [1.82, 2.24) is 0 Å². The summed E-state index contributed by atoms with van der Waals surface area (Å²) in [5, 5.41) is 19.7. The van der Waals surface area contributed by atoms with Crippen molar-refractivity contribution in [2.45, 2.75) is 31.5 Å². The van der Waals surface area contributed by atoms with Crippen molar-refractivity contribution in [2.75, 3.05) is 20.8 Å². The number of rotatable bonds is 3. The Hall–Kier alpha value is -0.730. The number of aromatic hydroxyl groups is 1. The molecular weight excluding hydrogens is 580 g/mol. The first-order chi connectivity index (χ1) is 17.3. The summed E-state index contributed by atoms with van der Waals surface area (Å²) in [5.41, 5.74) is -1.63. The molecule has 0 radical (unpaired) electrons. The van der Waals surface area contributed by atoms with E-state index in [4.69, 9.17) is 47.9 Å². The number of carbonyl (C=O) groups is 2. The van der Waals surface area contributed by atoms with Gasteiger partial charge in [0.15, 0.2) is 17.3 Å². The summed E-state index contributed by atoms with van der Waals surface area (Å²) in [6, 6.07) is 4.92. The molecule has 0 fully saturated rings. The Morgan fingerprint density at radius 1 is 1.07 bits per heavy atom. The van der Waals surface area contributed by atoms with Crippen molar-refractivity contribution in [3.8, 4) is 34.5 Å². The van der Waals surface area contributed by atoms with Gasteiger partial charge in [-0.15, -0.1) is 0 Å². The zero-order chi connectivity index (χ0) is 27.3. The van der Waals surface area contributed by atoms with Gasteiger partial charge in [0, 0.05) is 17.7 Å². The number of Topliss-reactive ketones (excluding diaryl/α,β-unsaturated/α-hetero) is 1. The third kappa shape index (κ3) is 7.42. The number of hydrogen-bond acceptors (Lipinski definition) is 12. The second kappa shape index (κ2) is 14.2. The molecule has 0 amide bonds. The summed E-state index contributed by atoms with van der Waals surface area (Å²) in [6.45, 7) is 4.02. The average molecular weight is 602 g/mol. The van der Waals surface area contributed by atoms with Crippen molar-refractivity contribution < 1.29 is 147 Å². The standard InChI is InChI=1S/C23H22O7.CH3O5P.3Na/c1-23(2)6-5-11-15(30-23)8-13(24)20-21(25)19-12-7-16(26-3)17(27-4)9-14(12)28-10-18(19)29-22(11)20;2-1(3)7(4,5)6;;;/h5-9,18-19,24H,10H2,1-4H3;(H,2,3)(H2,4,5,6);;;/q;;3*+1/p-3. The maximum absolute atomic E-state index is 13.6. The minimum atomic E-state index is -5.43. The molecular formula is C24H22Na3O12P. The van der Waals surface area contributed by atoms with E-state index in [1.54, 1.807) is 19.2 Å². The van der Waals surface area contributed by atoms with Gasteiger partial charge in [0.25, 0.3) is 0 Å². The Morgan fingerprint density at radius 2 is 1.65 bits per heavy atom. The van der Waals surface area contributed by atoms with E-state index in [2.05, 4.69) is 0 Å². The third-order valence-corrected chi connectivity index (χ3v) is 6.38. The number of fused-ring (bicyclic) bond motifs is 6. The zero-order valence-corrected chi connectivity index (χ0v) is 30.0. The fraction of sp³-hybridized carbons (Fsp3) is 0.333. The number of benzene rings is 2. The number of phenols is 1. The van der Waals surface area contributed by atoms with Gasteiger partial charge in [-0.25, -0.2) is 0 Å². The van der Waals surface area contributed by atoms with Gasteiger partial charge in [0.2, 0.25) is 0 Å². The average Bonchev–Trinajstić information content (AvgIpc) is 2.81. The number of ether oxygens (including phenoxy) is 5. The van der Waals surface area contributed by atoms with E-state index in [0.29, 0.717) is 39.9 Å². The smallest absolute Gasteiger partial charge is 0.807 e. The molecule has 198 valence electrons. The Morgan fingerprint density at radius 3 is 2.20 bits per heavy atom. The van der Waals surface area contributed by atoms with E-state index in [9.17, 15) is 9.90 Å². The quantitative estimate of drug-likeness (QED) is 0.259. The van der Waals surface area contributed by atoms with Gasteiger partial charge in [0.05, 0.1) is 31.4 Å². The molecule has 0 aliphatic carbocycles. The van der Waals surface area contributed by atoms with Crippen LogP contribution in [0.5, 0.6) is 34.5 Å². The monoisotopic (exact) mass is 602 g/mol. The maximum Gasteiger partial charge on any atom is 1.00 e. The maximum atomic E-state index is 13.6. The van der Waals surface area contributed by atoms with Gasteiger partial charge in [-0.2, -0.15) is 0 Å². The van der Waals surface area contributed by atoms with E-state index in [0.717, 1.165) is 0 Å². The van der Waals surface area contributed by atoms with Crippen LogP contribution >= 0.6 is 7.60 Å². The number of hydrogen-bond donors (Lipinski definition) is 1. The van der Waals surface area contributed by atoms with Crippen LogP contribution in [-0.2, 0) is 4.57 Å². The second-order valence-electron chi connectivity index (χ2n) is 8.87. The molecule has 2 aromatic rings. The molecule has 0 bridgehead atoms. The van der Waals surface area contributed by atoms with Gasteiger partial charge in [-0.3, -0.25) is 4.79 Å². The second-order valence-corrected chi connectivity index (χ2v) is 10.2. The number of carbonyl (C=O) groups excluding carboxylic acids is 2. The molecule has 3 heterocycles. The summed E-state index contributed by atoms with van der Waals surface area (Å²) < 4.78 is 37.9. The molecule has 5 rings (SSSR count). The fourth-order valence-corrected chi connectivity index (χ4v) is 4.27. The van der Waals surface area contributed by atoms with Gasteiger partial charge >= 0.3 is 88.7 Å². The first-order valence-electron chi connectivity index (χ1n) is 10.9. The Kier molecular flexibility index (Phi) is 13.2. The molecule has 40 heavy (non-hydrogen) atoms. The Balaban J connectivity index is 0.000000716. The zero-order valence-electron chi connectivity index (χ0n) is 23.1. The predicted molar refractivity (Wildman–Crippen MR) is 121 cm³/mol. The molecule has 0 saturated carbocycles. The summed E-state index contributed by atoms with van der Waals surface area (Å²) >= 11 is 0. The van der Waals surface area contributed by atoms with Crippen molar-refractivity contribution in [3.63, 3.8) is 0 Å². The number of carboxylic acid groups (broad SMARTS) is 1. The van der Waals surface area contributed by atoms with Gasteiger partial charge in [-0.05, 0) is 39.7 Å². The number of methoxy groups -OCH3 is 2. The van der Waals surface area contributed by atoms with E-state index in [-0.39, 0.29) is 112 Å². The number of phenolic OH excluding ortho intramolecular Hbond substituents is 1. The molecule has 1 N–H and O–H groups in total. The van der Waals surface area contributed by atoms with Crippen molar-refractivity contribution >= 4 is 25.2 Å². The van der Waals surface area contributed by atoms with Gasteiger partial charge in [-0.1, -0.05) is 0 Å². The molecule has 12 nitrogen and oxygen atoms in total. The topological polar surface area (TPSA) is 187 Å². The van der Waals surface area contributed by atoms with Crippen LogP contribution in [0.15, 0.2) is 24.3 Å². The van der Waals surface area contributed by atoms with E-state index in [1.807, 2.05) is 26.0 Å². The minimum Gasteiger partial charge on any atom is -0.807 e. The fourth-order valence-electron chi connectivity index (χ4n) is 4.27. The van der Waals surface area contributed by atoms with Crippen LogP contribution < -0.4 is 127 Å². The van der Waals surface area contributed by atoms with Crippen LogP contribution in [0.4, 0.5) is 4.79 Å². The van der Waals surface area contributed by atoms with E-state index >= 15 is 0 Å². The van der Waals surface area contributed by atoms with Crippen molar-refractivity contribution in [2.24, 2.45) is 0 Å². The summed E-state index contributed by atoms with van der Waals surface area (Å²) in [6.07, 6.45) is 3.23. The molecule has 3 aliphatic rings. The Bertz CT molecular complexity index is 1370. The van der Waals surface area contributed by atoms with Crippen LogP contribution in [-0.4, -0.2) is 49.1 Å². The molecule has 0 saturated heterocycles. The van der Waals surface area contributed by atoms with Crippen molar-refractivity contribution in [3.05, 3.63) is 41.0 Å². The minimum absolute atomic E-state index is 0. The molecule has 16 heteroatoms. The van der Waals surface area contributed by atoms with Crippen molar-refractivity contribution in [1.29, 1.82) is 0 Å². The normalized spacial score (nSPS) is 18.7. The molecule has 2 unspecified atom stereocenters. The summed E-state index contributed by atoms with van der Waals surface area (Å²) in [4.78, 5) is 40.9. The van der Waals surface area contributed by atoms with Gasteiger partial charge in [0.1, 0.15) is 46.9 Å². The predicted octanol–water partition coefficient (Wildman–Crippen LogP) is -8.03. The first kappa shape index (κ1) is 37.3. The largest absolute Gasteiger partial charge is 1.00 e. The summed E-state index contributed by atoms with van der Waals surface area (Å²) in [5.74, 6) is 1.34. The van der Waals surface area contributed by atoms with E-state index < -0.39 is 30.9 Å². The first-order valence-corrected chi connectivity index (χ1v) is 12.4. The molecule has 0 spiro atoms. The molecule has 2 atom stereocenters. The van der Waals surface area contributed by atoms with Crippen LogP contribution in [0, 0.1) is 0 Å². The van der Waals surface area contributed by atoms with Crippen LogP contribution in [0.2, 0.25) is 0 Å². The molecule has 3 aliphatic heterocycles. The Labute approximate surface area is 296 Å². The van der Waals surface area contributed by atoms with E-state index in [1.165, 1.54) is 13.2 Å². The van der Waals surface area contributed by atoms with Crippen LogP contribution in [0.25, 0.3) is 6.08 Å². The SMILES string of the molecule is COc1cc2c(cc1OC)C1C(=O)c3c(O)cc4c(c3OC1CO2)C=CC(C)(C)O4.O=C([O-])P(=O)([O-])[O-].[Na+].[Na+].[Na+]. The molecule has 0 aromatic heterocycles. The molecule has 2 aromatic carbocycles. The van der Waals surface area contributed by atoms with Crippen LogP contribution in [0.1, 0.15) is 41.3 Å². The third-order valence-electron chi connectivity index (χ3n) is 5.93. The van der Waals surface area contributed by atoms with Gasteiger partial charge < -0.3 is 53.0 Å². The summed E-state index contributed by atoms with van der Waals surface area (Å²) in [7, 11) is -2.36. The number of ketones is 1. The van der Waals surface area contributed by atoms with Crippen LogP contribution in [0.3, 0.4) is 0 Å².